The number of ether oxygens (including phenoxy) is 2. The van der Waals surface area contributed by atoms with Crippen molar-refractivity contribution in [3.63, 3.8) is 0 Å². The summed E-state index contributed by atoms with van der Waals surface area (Å²) in [6.45, 7) is 3.62. The molecule has 1 atom stereocenters. The number of alkyl halides is 3. The standard InChI is InChI=1S/C17H20F3N3O4/c1-8(2)5-11(15(24)25)21-14-9-6-12(26-3)13(27-4)7-10(9)22-16(23-14)17(18,19)20/h6-8,11H,5H2,1-4H3,(H,24,25)(H,21,22,23). The maximum atomic E-state index is 13.2. The third-order valence-electron chi connectivity index (χ3n) is 3.77. The van der Waals surface area contributed by atoms with Crippen molar-refractivity contribution in [3.05, 3.63) is 18.0 Å². The molecule has 0 radical (unpaired) electrons. The van der Waals surface area contributed by atoms with Crippen LogP contribution in [0.1, 0.15) is 26.1 Å². The number of aliphatic carboxylic acids is 1. The summed E-state index contributed by atoms with van der Waals surface area (Å²) in [5.41, 5.74) is -0.0499. The van der Waals surface area contributed by atoms with E-state index in [2.05, 4.69) is 15.3 Å². The van der Waals surface area contributed by atoms with Crippen LogP contribution in [0.5, 0.6) is 11.5 Å². The van der Waals surface area contributed by atoms with Crippen molar-refractivity contribution >= 4 is 22.7 Å². The highest BCUT2D eigenvalue weighted by Crippen LogP contribution is 2.36. The predicted octanol–water partition coefficient (Wildman–Crippen LogP) is 3.58. The Balaban J connectivity index is 2.68. The molecule has 0 aliphatic carbocycles. The summed E-state index contributed by atoms with van der Waals surface area (Å²) < 4.78 is 49.9. The summed E-state index contributed by atoms with van der Waals surface area (Å²) in [6.07, 6.45) is -4.59. The third-order valence-corrected chi connectivity index (χ3v) is 3.77. The van der Waals surface area contributed by atoms with E-state index >= 15 is 0 Å². The zero-order valence-corrected chi connectivity index (χ0v) is 15.2. The number of aromatic nitrogens is 2. The minimum Gasteiger partial charge on any atom is -0.493 e. The van der Waals surface area contributed by atoms with Gasteiger partial charge >= 0.3 is 12.1 Å². The van der Waals surface area contributed by atoms with Gasteiger partial charge in [0.2, 0.25) is 5.82 Å². The molecule has 0 amide bonds. The molecule has 1 heterocycles. The number of carboxylic acid groups (broad SMARTS) is 1. The van der Waals surface area contributed by atoms with Gasteiger partial charge < -0.3 is 19.9 Å². The molecule has 148 valence electrons. The Bertz CT molecular complexity index is 840. The number of benzene rings is 1. The minimum absolute atomic E-state index is 0.00316. The van der Waals surface area contributed by atoms with Gasteiger partial charge in [0.25, 0.3) is 0 Å². The quantitative estimate of drug-likeness (QED) is 0.750. The summed E-state index contributed by atoms with van der Waals surface area (Å²) in [6, 6.07) is 1.58. The lowest BCUT2D eigenvalue weighted by atomic mass is 10.0. The smallest absolute Gasteiger partial charge is 0.451 e. The van der Waals surface area contributed by atoms with E-state index in [1.165, 1.54) is 26.4 Å². The van der Waals surface area contributed by atoms with E-state index in [-0.39, 0.29) is 40.6 Å². The van der Waals surface area contributed by atoms with Gasteiger partial charge in [-0.25, -0.2) is 14.8 Å². The highest BCUT2D eigenvalue weighted by Gasteiger charge is 2.36. The van der Waals surface area contributed by atoms with Gasteiger partial charge in [0.1, 0.15) is 11.9 Å². The molecule has 1 aromatic heterocycles. The van der Waals surface area contributed by atoms with Crippen LogP contribution < -0.4 is 14.8 Å². The molecule has 0 aliphatic heterocycles. The molecular formula is C17H20F3N3O4. The second-order valence-electron chi connectivity index (χ2n) is 6.28. The van der Waals surface area contributed by atoms with Crippen molar-refractivity contribution in [1.82, 2.24) is 9.97 Å². The van der Waals surface area contributed by atoms with Crippen LogP contribution in [0.3, 0.4) is 0 Å². The fourth-order valence-electron chi connectivity index (χ4n) is 2.55. The number of hydrogen-bond acceptors (Lipinski definition) is 6. The van der Waals surface area contributed by atoms with E-state index in [4.69, 9.17) is 9.47 Å². The van der Waals surface area contributed by atoms with Crippen LogP contribution in [0, 0.1) is 5.92 Å². The highest BCUT2D eigenvalue weighted by molar-refractivity contribution is 5.93. The number of nitrogens with zero attached hydrogens (tertiary/aromatic N) is 2. The minimum atomic E-state index is -4.80. The van der Waals surface area contributed by atoms with Crippen molar-refractivity contribution in [1.29, 1.82) is 0 Å². The Labute approximate surface area is 153 Å². The van der Waals surface area contributed by atoms with E-state index < -0.39 is 24.0 Å². The first-order valence-corrected chi connectivity index (χ1v) is 8.07. The molecule has 2 aromatic rings. The van der Waals surface area contributed by atoms with Gasteiger partial charge in [0.05, 0.1) is 19.7 Å². The molecule has 2 N–H and O–H groups in total. The van der Waals surface area contributed by atoms with Gasteiger partial charge in [-0.05, 0) is 18.4 Å². The molecule has 10 heteroatoms. The van der Waals surface area contributed by atoms with Crippen molar-refractivity contribution in [2.75, 3.05) is 19.5 Å². The number of fused-ring (bicyclic) bond motifs is 1. The summed E-state index contributed by atoms with van der Waals surface area (Å²) >= 11 is 0. The lowest BCUT2D eigenvalue weighted by Crippen LogP contribution is -2.31. The van der Waals surface area contributed by atoms with Crippen LogP contribution >= 0.6 is 0 Å². The maximum Gasteiger partial charge on any atom is 0.451 e. The van der Waals surface area contributed by atoms with E-state index in [0.29, 0.717) is 0 Å². The number of hydrogen-bond donors (Lipinski definition) is 2. The number of carbonyl (C=O) groups is 1. The first-order valence-electron chi connectivity index (χ1n) is 8.07. The first-order chi connectivity index (χ1) is 12.6. The molecule has 0 spiro atoms. The van der Waals surface area contributed by atoms with E-state index in [1.807, 2.05) is 13.8 Å². The molecule has 27 heavy (non-hydrogen) atoms. The molecular weight excluding hydrogens is 367 g/mol. The summed E-state index contributed by atoms with van der Waals surface area (Å²) in [5, 5.41) is 12.2. The molecule has 0 aliphatic rings. The van der Waals surface area contributed by atoms with E-state index in [1.54, 1.807) is 0 Å². The zero-order chi connectivity index (χ0) is 20.4. The molecule has 0 saturated carbocycles. The van der Waals surface area contributed by atoms with E-state index in [0.717, 1.165) is 0 Å². The van der Waals surface area contributed by atoms with Gasteiger partial charge in [0, 0.05) is 11.5 Å². The van der Waals surface area contributed by atoms with Gasteiger partial charge in [-0.1, -0.05) is 13.8 Å². The average Bonchev–Trinajstić information content (AvgIpc) is 2.58. The lowest BCUT2D eigenvalue weighted by molar-refractivity contribution is -0.144. The highest BCUT2D eigenvalue weighted by atomic mass is 19.4. The predicted molar refractivity (Wildman–Crippen MR) is 92.1 cm³/mol. The molecule has 1 aromatic carbocycles. The fourth-order valence-corrected chi connectivity index (χ4v) is 2.55. The summed E-state index contributed by atoms with van der Waals surface area (Å²) in [7, 11) is 2.72. The molecule has 1 unspecified atom stereocenters. The normalized spacial score (nSPS) is 12.9. The van der Waals surface area contributed by atoms with Crippen LogP contribution in [0.25, 0.3) is 10.9 Å². The SMILES string of the molecule is COc1cc2nc(C(F)(F)F)nc(NC(CC(C)C)C(=O)O)c2cc1OC. The Morgan fingerprint density at radius 3 is 2.26 bits per heavy atom. The molecule has 2 rings (SSSR count). The second kappa shape index (κ2) is 7.85. The molecule has 0 fully saturated rings. The van der Waals surface area contributed by atoms with Crippen LogP contribution in [-0.2, 0) is 11.0 Å². The van der Waals surface area contributed by atoms with Crippen molar-refractivity contribution in [2.24, 2.45) is 5.92 Å². The monoisotopic (exact) mass is 387 g/mol. The number of nitrogens with one attached hydrogen (secondary N) is 1. The van der Waals surface area contributed by atoms with E-state index in [9.17, 15) is 23.1 Å². The first kappa shape index (κ1) is 20.5. The number of halogens is 3. The lowest BCUT2D eigenvalue weighted by Gasteiger charge is -2.19. The average molecular weight is 387 g/mol. The number of methoxy groups -OCH3 is 2. The molecule has 0 saturated heterocycles. The van der Waals surface area contributed by atoms with Gasteiger partial charge in [-0.3, -0.25) is 0 Å². The van der Waals surface area contributed by atoms with Crippen LogP contribution in [-0.4, -0.2) is 41.3 Å². The largest absolute Gasteiger partial charge is 0.493 e. The van der Waals surface area contributed by atoms with Crippen molar-refractivity contribution in [2.45, 2.75) is 32.5 Å². The zero-order valence-electron chi connectivity index (χ0n) is 15.2. The summed E-state index contributed by atoms with van der Waals surface area (Å²) in [5.74, 6) is -2.35. The van der Waals surface area contributed by atoms with Crippen LogP contribution in [0.2, 0.25) is 0 Å². The maximum absolute atomic E-state index is 13.2. The number of anilines is 1. The van der Waals surface area contributed by atoms with Crippen LogP contribution in [0.4, 0.5) is 19.0 Å². The Kier molecular flexibility index (Phi) is 5.97. The number of rotatable bonds is 7. The molecule has 0 bridgehead atoms. The third kappa shape index (κ3) is 4.69. The van der Waals surface area contributed by atoms with Gasteiger partial charge in [-0.15, -0.1) is 0 Å². The van der Waals surface area contributed by atoms with Crippen molar-refractivity contribution in [3.8, 4) is 11.5 Å². The molecule has 7 nitrogen and oxygen atoms in total. The Hall–Kier alpha value is -2.78. The fraction of sp³-hybridized carbons (Fsp3) is 0.471. The summed E-state index contributed by atoms with van der Waals surface area (Å²) in [4.78, 5) is 18.6. The topological polar surface area (TPSA) is 93.6 Å². The Morgan fingerprint density at radius 2 is 1.78 bits per heavy atom. The van der Waals surface area contributed by atoms with Gasteiger partial charge in [0.15, 0.2) is 11.5 Å². The van der Waals surface area contributed by atoms with Crippen molar-refractivity contribution < 1.29 is 32.5 Å². The Morgan fingerprint density at radius 1 is 1.19 bits per heavy atom. The second-order valence-corrected chi connectivity index (χ2v) is 6.28. The van der Waals surface area contributed by atoms with Gasteiger partial charge in [-0.2, -0.15) is 13.2 Å². The number of carboxylic acids is 1. The van der Waals surface area contributed by atoms with Crippen LogP contribution in [0.15, 0.2) is 12.1 Å².